The van der Waals surface area contributed by atoms with Crippen LogP contribution in [0.3, 0.4) is 0 Å². The van der Waals surface area contributed by atoms with E-state index in [1.807, 2.05) is 27.7 Å². The summed E-state index contributed by atoms with van der Waals surface area (Å²) in [5.41, 5.74) is -0.927. The second-order valence-corrected chi connectivity index (χ2v) is 7.76. The maximum atomic E-state index is 14.5. The maximum Gasteiger partial charge on any atom is 0.497 e. The van der Waals surface area contributed by atoms with Gasteiger partial charge in [-0.3, -0.25) is 4.79 Å². The summed E-state index contributed by atoms with van der Waals surface area (Å²) in [6, 6.07) is 3.37. The molecule has 1 aromatic rings. The zero-order chi connectivity index (χ0) is 18.6. The largest absolute Gasteiger partial charge is 0.497 e. The van der Waals surface area contributed by atoms with Crippen molar-refractivity contribution in [3.63, 3.8) is 0 Å². The van der Waals surface area contributed by atoms with Gasteiger partial charge < -0.3 is 14.6 Å². The number of hydrogen-bond donors (Lipinski definition) is 1. The molecule has 8 heteroatoms. The molecule has 1 aromatic carbocycles. The Morgan fingerprint density at radius 1 is 1.16 bits per heavy atom. The van der Waals surface area contributed by atoms with Crippen LogP contribution in [-0.4, -0.2) is 36.2 Å². The van der Waals surface area contributed by atoms with E-state index in [0.717, 1.165) is 6.07 Å². The third-order valence-electron chi connectivity index (χ3n) is 5.20. The van der Waals surface area contributed by atoms with Gasteiger partial charge in [-0.05, 0) is 39.8 Å². The van der Waals surface area contributed by atoms with Crippen molar-refractivity contribution in [2.24, 2.45) is 0 Å². The number of rotatable bonds is 3. The van der Waals surface area contributed by atoms with E-state index in [1.54, 1.807) is 0 Å². The molecule has 1 amide bonds. The second kappa shape index (κ2) is 5.74. The van der Waals surface area contributed by atoms with E-state index < -0.39 is 42.0 Å². The van der Waals surface area contributed by atoms with Crippen LogP contribution in [-0.2, 0) is 9.31 Å². The van der Waals surface area contributed by atoms with E-state index in [4.69, 9.17) is 9.31 Å². The molecule has 0 bridgehead atoms. The first kappa shape index (κ1) is 18.3. The Morgan fingerprint density at radius 3 is 2.20 bits per heavy atom. The highest BCUT2D eigenvalue weighted by atomic mass is 19.3. The van der Waals surface area contributed by atoms with Crippen LogP contribution in [0.25, 0.3) is 0 Å². The van der Waals surface area contributed by atoms with Crippen LogP contribution >= 0.6 is 0 Å². The molecule has 1 saturated heterocycles. The Balaban J connectivity index is 1.70. The molecular weight excluding hydrogens is 334 g/mol. The summed E-state index contributed by atoms with van der Waals surface area (Å²) in [5.74, 6) is -3.92. The van der Waals surface area contributed by atoms with Crippen LogP contribution < -0.4 is 10.8 Å². The normalized spacial score (nSPS) is 24.0. The molecule has 25 heavy (non-hydrogen) atoms. The molecule has 0 unspecified atom stereocenters. The highest BCUT2D eigenvalue weighted by molar-refractivity contribution is 6.62. The second-order valence-electron chi connectivity index (χ2n) is 7.76. The van der Waals surface area contributed by atoms with Gasteiger partial charge in [-0.2, -0.15) is 0 Å². The summed E-state index contributed by atoms with van der Waals surface area (Å²) < 4.78 is 51.7. The average molecular weight is 355 g/mol. The fraction of sp³-hybridized carbons (Fsp3) is 0.588. The lowest BCUT2D eigenvalue weighted by Gasteiger charge is -2.35. The number of amides is 1. The molecular formula is C17H21BF3NO3. The number of alkyl halides is 2. The predicted molar refractivity (Wildman–Crippen MR) is 87.6 cm³/mol. The molecule has 1 heterocycles. The van der Waals surface area contributed by atoms with Gasteiger partial charge in [-0.1, -0.05) is 6.07 Å². The lowest BCUT2D eigenvalue weighted by Crippen LogP contribution is -2.50. The first-order valence-electron chi connectivity index (χ1n) is 8.24. The summed E-state index contributed by atoms with van der Waals surface area (Å²) in [5, 5.41) is 2.48. The SMILES string of the molecule is CC1(C)OB(c2ccc(C(=O)NC3CC(F)(F)C3)cc2F)OC1(C)C. The Bertz CT molecular complexity index is 684. The molecule has 2 aliphatic rings. The quantitative estimate of drug-likeness (QED) is 0.849. The Kier molecular flexibility index (Phi) is 4.19. The molecule has 1 saturated carbocycles. The van der Waals surface area contributed by atoms with Crippen molar-refractivity contribution < 1.29 is 27.3 Å². The van der Waals surface area contributed by atoms with Crippen molar-refractivity contribution in [2.75, 3.05) is 0 Å². The average Bonchev–Trinajstić information content (AvgIpc) is 2.64. The molecule has 1 N–H and O–H groups in total. The van der Waals surface area contributed by atoms with E-state index in [1.165, 1.54) is 12.1 Å². The van der Waals surface area contributed by atoms with Gasteiger partial charge in [0.15, 0.2) is 0 Å². The minimum Gasteiger partial charge on any atom is -0.399 e. The third-order valence-corrected chi connectivity index (χ3v) is 5.20. The minimum absolute atomic E-state index is 0.0768. The van der Waals surface area contributed by atoms with Crippen molar-refractivity contribution in [3.05, 3.63) is 29.6 Å². The number of benzene rings is 1. The number of nitrogens with one attached hydrogen (secondary N) is 1. The number of hydrogen-bond acceptors (Lipinski definition) is 3. The number of carbonyl (C=O) groups is 1. The number of halogens is 3. The van der Waals surface area contributed by atoms with Crippen molar-refractivity contribution in [2.45, 2.75) is 63.7 Å². The molecule has 2 fully saturated rings. The topological polar surface area (TPSA) is 47.6 Å². The van der Waals surface area contributed by atoms with Crippen LogP contribution in [0.1, 0.15) is 50.9 Å². The highest BCUT2D eigenvalue weighted by Gasteiger charge is 2.52. The minimum atomic E-state index is -2.72. The van der Waals surface area contributed by atoms with Crippen LogP contribution in [0, 0.1) is 5.82 Å². The molecule has 1 aliphatic carbocycles. The van der Waals surface area contributed by atoms with Crippen LogP contribution in [0.5, 0.6) is 0 Å². The summed E-state index contributed by atoms with van der Waals surface area (Å²) in [4.78, 5) is 12.1. The summed E-state index contributed by atoms with van der Waals surface area (Å²) in [7, 11) is -0.868. The highest BCUT2D eigenvalue weighted by Crippen LogP contribution is 2.38. The van der Waals surface area contributed by atoms with E-state index >= 15 is 0 Å². The van der Waals surface area contributed by atoms with Crippen molar-refractivity contribution in [1.29, 1.82) is 0 Å². The lowest BCUT2D eigenvalue weighted by molar-refractivity contribution is -0.0901. The molecule has 3 rings (SSSR count). The van der Waals surface area contributed by atoms with Crippen LogP contribution in [0.4, 0.5) is 13.2 Å². The molecule has 0 radical (unpaired) electrons. The van der Waals surface area contributed by atoms with Gasteiger partial charge in [0, 0.05) is 29.9 Å². The predicted octanol–water partition coefficient (Wildman–Crippen LogP) is 2.65. The zero-order valence-corrected chi connectivity index (χ0v) is 14.7. The zero-order valence-electron chi connectivity index (χ0n) is 14.7. The Hall–Kier alpha value is -1.54. The monoisotopic (exact) mass is 355 g/mol. The molecule has 0 atom stereocenters. The molecule has 0 aromatic heterocycles. The first-order chi connectivity index (χ1) is 11.4. The van der Waals surface area contributed by atoms with Crippen LogP contribution in [0.15, 0.2) is 18.2 Å². The number of carbonyl (C=O) groups excluding carboxylic acids is 1. The van der Waals surface area contributed by atoms with Crippen molar-refractivity contribution in [1.82, 2.24) is 5.32 Å². The standard InChI is InChI=1S/C17H21BF3NO3/c1-15(2)16(3,4)25-18(24-15)12-6-5-10(7-13(12)19)14(23)22-11-8-17(20,21)9-11/h5-7,11H,8-9H2,1-4H3,(H,22,23). The van der Waals surface area contributed by atoms with E-state index in [0.29, 0.717) is 0 Å². The first-order valence-corrected chi connectivity index (χ1v) is 8.24. The fourth-order valence-corrected chi connectivity index (χ4v) is 2.86. The summed E-state index contributed by atoms with van der Waals surface area (Å²) in [6.07, 6.45) is -0.763. The Morgan fingerprint density at radius 2 is 1.72 bits per heavy atom. The van der Waals surface area contributed by atoms with Gasteiger partial charge in [0.25, 0.3) is 11.8 Å². The van der Waals surface area contributed by atoms with Gasteiger partial charge in [0.2, 0.25) is 0 Å². The third kappa shape index (κ3) is 3.42. The van der Waals surface area contributed by atoms with Crippen molar-refractivity contribution in [3.8, 4) is 0 Å². The van der Waals surface area contributed by atoms with Gasteiger partial charge in [0.1, 0.15) is 5.82 Å². The van der Waals surface area contributed by atoms with E-state index in [2.05, 4.69) is 5.32 Å². The maximum absolute atomic E-state index is 14.5. The Labute approximate surface area is 145 Å². The van der Waals surface area contributed by atoms with Crippen LogP contribution in [0.2, 0.25) is 0 Å². The van der Waals surface area contributed by atoms with E-state index in [-0.39, 0.29) is 23.9 Å². The fourth-order valence-electron chi connectivity index (χ4n) is 2.86. The van der Waals surface area contributed by atoms with Gasteiger partial charge >= 0.3 is 7.12 Å². The van der Waals surface area contributed by atoms with Crippen molar-refractivity contribution >= 4 is 18.5 Å². The van der Waals surface area contributed by atoms with E-state index in [9.17, 15) is 18.0 Å². The molecule has 4 nitrogen and oxygen atoms in total. The van der Waals surface area contributed by atoms with Gasteiger partial charge in [0.05, 0.1) is 11.2 Å². The summed E-state index contributed by atoms with van der Waals surface area (Å²) >= 11 is 0. The van der Waals surface area contributed by atoms with Gasteiger partial charge in [-0.15, -0.1) is 0 Å². The summed E-state index contributed by atoms with van der Waals surface area (Å²) in [6.45, 7) is 7.45. The smallest absolute Gasteiger partial charge is 0.399 e. The van der Waals surface area contributed by atoms with Gasteiger partial charge in [-0.25, -0.2) is 13.2 Å². The molecule has 0 spiro atoms. The lowest BCUT2D eigenvalue weighted by atomic mass is 9.78. The molecule has 136 valence electrons. The molecule has 1 aliphatic heterocycles.